The Kier molecular flexibility index (Phi) is 11.0. The van der Waals surface area contributed by atoms with Gasteiger partial charge in [0.25, 0.3) is 11.8 Å². The van der Waals surface area contributed by atoms with Crippen molar-refractivity contribution in [1.29, 1.82) is 0 Å². The Labute approximate surface area is 304 Å². The van der Waals surface area contributed by atoms with E-state index in [9.17, 15) is 28.8 Å². The molecule has 276 valence electrons. The van der Waals surface area contributed by atoms with Gasteiger partial charge < -0.3 is 14.8 Å². The monoisotopic (exact) mass is 711 g/mol. The highest BCUT2D eigenvalue weighted by molar-refractivity contribution is 6.10. The van der Waals surface area contributed by atoms with Crippen molar-refractivity contribution >= 4 is 35.6 Å². The number of imide groups is 1. The van der Waals surface area contributed by atoms with Gasteiger partial charge in [0, 0.05) is 36.4 Å². The molecule has 0 saturated heterocycles. The minimum absolute atomic E-state index is 0.0784. The van der Waals surface area contributed by atoms with Gasteiger partial charge in [-0.2, -0.15) is 0 Å². The van der Waals surface area contributed by atoms with Crippen LogP contribution in [0, 0.1) is 23.7 Å². The minimum atomic E-state index is -1.38. The first-order valence-corrected chi connectivity index (χ1v) is 18.5. The van der Waals surface area contributed by atoms with Crippen molar-refractivity contribution in [3.8, 4) is 0 Å². The number of nitrogens with one attached hydrogen (secondary N) is 2. The lowest BCUT2D eigenvalue weighted by atomic mass is 9.81. The van der Waals surface area contributed by atoms with Crippen molar-refractivity contribution in [3.05, 3.63) is 83.4 Å². The molecule has 0 radical (unpaired) electrons. The zero-order chi connectivity index (χ0) is 37.0. The van der Waals surface area contributed by atoms with E-state index in [1.165, 1.54) is 0 Å². The molecule has 6 rings (SSSR count). The van der Waals surface area contributed by atoms with Gasteiger partial charge in [0.2, 0.25) is 5.91 Å². The topological polar surface area (TPSA) is 148 Å². The van der Waals surface area contributed by atoms with Crippen molar-refractivity contribution in [3.63, 3.8) is 0 Å². The van der Waals surface area contributed by atoms with Gasteiger partial charge >= 0.3 is 12.1 Å². The van der Waals surface area contributed by atoms with Gasteiger partial charge in [0.05, 0.1) is 12.3 Å². The van der Waals surface area contributed by atoms with E-state index in [0.29, 0.717) is 37.9 Å². The number of benzene rings is 2. The summed E-state index contributed by atoms with van der Waals surface area (Å²) in [4.78, 5) is 83.7. The average molecular weight is 712 g/mol. The Bertz CT molecular complexity index is 1710. The molecule has 1 unspecified atom stereocenters. The van der Waals surface area contributed by atoms with E-state index in [-0.39, 0.29) is 31.0 Å². The van der Waals surface area contributed by atoms with Gasteiger partial charge in [-0.3, -0.25) is 34.2 Å². The Morgan fingerprint density at radius 2 is 1.58 bits per heavy atom. The average Bonchev–Trinajstić information content (AvgIpc) is 3.40. The summed E-state index contributed by atoms with van der Waals surface area (Å²) in [7, 11) is 0. The number of ketones is 1. The molecule has 2 aromatic carbocycles. The minimum Gasteiger partial charge on any atom is -0.460 e. The first-order valence-electron chi connectivity index (χ1n) is 18.5. The number of hydrogen-bond acceptors (Lipinski definition) is 8. The van der Waals surface area contributed by atoms with Crippen LogP contribution in [-0.4, -0.2) is 57.7 Å². The molecule has 2 fully saturated rings. The maximum atomic E-state index is 14.5. The second-order valence-corrected chi connectivity index (χ2v) is 15.7. The predicted octanol–water partition coefficient (Wildman–Crippen LogP) is 5.80. The number of hydrogen-bond donors (Lipinski definition) is 2. The van der Waals surface area contributed by atoms with E-state index in [4.69, 9.17) is 9.47 Å². The molecule has 2 heterocycles. The molecule has 0 aromatic heterocycles. The Hall–Kier alpha value is -4.80. The third-order valence-corrected chi connectivity index (χ3v) is 10.6. The second kappa shape index (κ2) is 15.4. The Morgan fingerprint density at radius 3 is 2.27 bits per heavy atom. The predicted molar refractivity (Wildman–Crippen MR) is 191 cm³/mol. The highest BCUT2D eigenvalue weighted by atomic mass is 16.6. The number of allylic oxidation sites excluding steroid dienone is 1. The molecule has 4 amide bonds. The standard InChI is InChI=1S/C41H49N3O8/c1-40(2,3)52-34(45)20-27-16-8-5-4-6-11-19-30-23-41(30,38(49)42-36(47)26-14-9-7-10-15-26)43-37(48)33-22-31(21-32(33)35(27)46)51-39(50)44-24-28-17-12-13-18-29(28)25-44/h7,9-15,17-19,27,30-33H,4-6,8,16,20-25H2,1-3H3,(H,43,48)(H,42,47,49)/b19-11-/t27-,30-,31+,32?,33-,41-/m1/s1. The maximum Gasteiger partial charge on any atom is 0.410 e. The zero-order valence-corrected chi connectivity index (χ0v) is 30.2. The van der Waals surface area contributed by atoms with Crippen LogP contribution in [0.15, 0.2) is 66.7 Å². The quantitative estimate of drug-likeness (QED) is 0.225. The van der Waals surface area contributed by atoms with E-state index >= 15 is 0 Å². The number of carbonyl (C=O) groups excluding carboxylic acids is 6. The second-order valence-electron chi connectivity index (χ2n) is 15.7. The molecule has 2 aliphatic heterocycles. The summed E-state index contributed by atoms with van der Waals surface area (Å²) in [6, 6.07) is 16.2. The molecule has 0 spiro atoms. The highest BCUT2D eigenvalue weighted by Gasteiger charge is 2.61. The SMILES string of the molecule is CC(C)(C)OC(=O)C[C@H]1CCCCC/C=C\[C@@H]2C[C@@]2(C(=O)NC(=O)c2ccccc2)NC(=O)[C@@H]2C[C@@H](OC(=O)N3Cc4ccccc4C3)CC2C1=O. The Morgan fingerprint density at radius 1 is 0.904 bits per heavy atom. The summed E-state index contributed by atoms with van der Waals surface area (Å²) in [6.07, 6.45) is 6.62. The fourth-order valence-corrected chi connectivity index (χ4v) is 7.86. The molecule has 2 aliphatic carbocycles. The summed E-state index contributed by atoms with van der Waals surface area (Å²) in [5, 5.41) is 5.45. The molecule has 2 N–H and O–H groups in total. The summed E-state index contributed by atoms with van der Waals surface area (Å²) in [5.41, 5.74) is 0.284. The first kappa shape index (κ1) is 37.0. The lowest BCUT2D eigenvalue weighted by molar-refractivity contribution is -0.157. The van der Waals surface area contributed by atoms with Crippen molar-refractivity contribution in [2.75, 3.05) is 0 Å². The summed E-state index contributed by atoms with van der Waals surface area (Å²) >= 11 is 0. The number of rotatable bonds is 5. The number of Topliss-reactive ketones (excluding diaryl/α,β-unsaturated/α-hetero) is 1. The molecular weight excluding hydrogens is 662 g/mol. The largest absolute Gasteiger partial charge is 0.460 e. The Balaban J connectivity index is 1.25. The van der Waals surface area contributed by atoms with Crippen LogP contribution >= 0.6 is 0 Å². The molecule has 11 heteroatoms. The summed E-state index contributed by atoms with van der Waals surface area (Å²) in [6.45, 7) is 6.13. The van der Waals surface area contributed by atoms with Crippen LogP contribution in [0.2, 0.25) is 0 Å². The van der Waals surface area contributed by atoms with Crippen molar-refractivity contribution < 1.29 is 38.2 Å². The van der Waals surface area contributed by atoms with Crippen LogP contribution in [0.3, 0.4) is 0 Å². The molecule has 6 atom stereocenters. The third kappa shape index (κ3) is 8.62. The molecule has 11 nitrogen and oxygen atoms in total. The fourth-order valence-electron chi connectivity index (χ4n) is 7.86. The van der Waals surface area contributed by atoms with Crippen LogP contribution in [0.4, 0.5) is 4.79 Å². The number of fused-ring (bicyclic) bond motifs is 3. The van der Waals surface area contributed by atoms with Crippen molar-refractivity contribution in [2.24, 2.45) is 23.7 Å². The van der Waals surface area contributed by atoms with Crippen LogP contribution in [0.1, 0.15) is 100 Å². The van der Waals surface area contributed by atoms with E-state index < -0.39 is 64.8 Å². The number of carbonyl (C=O) groups is 6. The number of amides is 4. The van der Waals surface area contributed by atoms with Gasteiger partial charge in [-0.25, -0.2) is 4.79 Å². The van der Waals surface area contributed by atoms with E-state index in [1.54, 1.807) is 56.0 Å². The molecule has 2 aromatic rings. The molecule has 2 saturated carbocycles. The summed E-state index contributed by atoms with van der Waals surface area (Å²) < 4.78 is 11.6. The number of ether oxygens (including phenoxy) is 2. The zero-order valence-electron chi connectivity index (χ0n) is 30.2. The fraction of sp³-hybridized carbons (Fsp3) is 0.512. The van der Waals surface area contributed by atoms with E-state index in [1.807, 2.05) is 36.4 Å². The van der Waals surface area contributed by atoms with Gasteiger partial charge in [0.1, 0.15) is 23.0 Å². The molecule has 4 aliphatic rings. The van der Waals surface area contributed by atoms with Crippen LogP contribution in [0.25, 0.3) is 0 Å². The molecular formula is C41H49N3O8. The van der Waals surface area contributed by atoms with Gasteiger partial charge in [-0.1, -0.05) is 67.5 Å². The highest BCUT2D eigenvalue weighted by Crippen LogP contribution is 2.47. The van der Waals surface area contributed by atoms with E-state index in [0.717, 1.165) is 30.4 Å². The van der Waals surface area contributed by atoms with Crippen LogP contribution < -0.4 is 10.6 Å². The lowest BCUT2D eigenvalue weighted by Crippen LogP contribution is -2.54. The van der Waals surface area contributed by atoms with Gasteiger partial charge in [-0.15, -0.1) is 0 Å². The van der Waals surface area contributed by atoms with Crippen molar-refractivity contribution in [2.45, 2.75) is 109 Å². The lowest BCUT2D eigenvalue weighted by Gasteiger charge is -2.26. The van der Waals surface area contributed by atoms with E-state index in [2.05, 4.69) is 10.6 Å². The smallest absolute Gasteiger partial charge is 0.410 e. The normalized spacial score (nSPS) is 28.1. The third-order valence-electron chi connectivity index (χ3n) is 10.6. The molecule has 0 bridgehead atoms. The van der Waals surface area contributed by atoms with Crippen molar-refractivity contribution in [1.82, 2.24) is 15.5 Å². The maximum absolute atomic E-state index is 14.5. The van der Waals surface area contributed by atoms with Crippen LogP contribution in [0.5, 0.6) is 0 Å². The number of nitrogens with zero attached hydrogens (tertiary/aromatic N) is 1. The first-order chi connectivity index (χ1) is 24.8. The number of esters is 1. The summed E-state index contributed by atoms with van der Waals surface area (Å²) in [5.74, 6) is -5.24. The molecule has 52 heavy (non-hydrogen) atoms. The van der Waals surface area contributed by atoms with Crippen LogP contribution in [-0.2, 0) is 41.7 Å². The van der Waals surface area contributed by atoms with Gasteiger partial charge in [-0.05, 0) is 82.6 Å². The van der Waals surface area contributed by atoms with Gasteiger partial charge in [0.15, 0.2) is 0 Å².